The van der Waals surface area contributed by atoms with E-state index in [9.17, 15) is 9.59 Å². The lowest BCUT2D eigenvalue weighted by Crippen LogP contribution is -2.55. The molecule has 0 bridgehead atoms. The van der Waals surface area contributed by atoms with Crippen molar-refractivity contribution in [2.45, 2.75) is 31.8 Å². The minimum atomic E-state index is -0.357. The van der Waals surface area contributed by atoms with Crippen molar-refractivity contribution in [2.75, 3.05) is 32.7 Å². The van der Waals surface area contributed by atoms with Crippen LogP contribution in [0.15, 0.2) is 0 Å². The molecule has 6 heteroatoms. The fraction of sp³-hybridized carbons (Fsp3) is 0.833. The second kappa shape index (κ2) is 5.67. The summed E-state index contributed by atoms with van der Waals surface area (Å²) >= 11 is 0. The minimum absolute atomic E-state index is 0.155. The molecule has 2 fully saturated rings. The number of carbonyl (C=O) groups excluding carboxylic acids is 2. The molecule has 2 amide bonds. The molecule has 0 spiro atoms. The van der Waals surface area contributed by atoms with Crippen molar-refractivity contribution in [1.29, 1.82) is 0 Å². The highest BCUT2D eigenvalue weighted by Gasteiger charge is 2.37. The maximum Gasteiger partial charge on any atom is 0.240 e. The van der Waals surface area contributed by atoms with Crippen molar-refractivity contribution >= 4 is 11.8 Å². The number of carbonyl (C=O) groups is 2. The van der Waals surface area contributed by atoms with Crippen LogP contribution >= 0.6 is 0 Å². The van der Waals surface area contributed by atoms with E-state index < -0.39 is 0 Å². The zero-order chi connectivity index (χ0) is 13.1. The van der Waals surface area contributed by atoms with Crippen LogP contribution in [0.2, 0.25) is 0 Å². The predicted molar refractivity (Wildman–Crippen MR) is 67.8 cm³/mol. The molecular formula is C12H22N4O2. The zero-order valence-electron chi connectivity index (χ0n) is 10.9. The Bertz CT molecular complexity index is 328. The molecule has 0 radical (unpaired) electrons. The first-order chi connectivity index (χ1) is 8.61. The monoisotopic (exact) mass is 254 g/mol. The highest BCUT2D eigenvalue weighted by Crippen LogP contribution is 2.22. The highest BCUT2D eigenvalue weighted by molar-refractivity contribution is 5.85. The molecule has 0 saturated carbocycles. The van der Waals surface area contributed by atoms with Crippen LogP contribution in [0.3, 0.4) is 0 Å². The maximum absolute atomic E-state index is 12.4. The average molecular weight is 254 g/mol. The van der Waals surface area contributed by atoms with Gasteiger partial charge in [0.25, 0.3) is 0 Å². The van der Waals surface area contributed by atoms with E-state index in [4.69, 9.17) is 5.73 Å². The van der Waals surface area contributed by atoms with Gasteiger partial charge < -0.3 is 16.0 Å². The molecule has 2 aliphatic rings. The van der Waals surface area contributed by atoms with Gasteiger partial charge in [-0.15, -0.1) is 0 Å². The first kappa shape index (κ1) is 13.3. The zero-order valence-corrected chi connectivity index (χ0v) is 10.9. The van der Waals surface area contributed by atoms with Gasteiger partial charge >= 0.3 is 0 Å². The molecular weight excluding hydrogens is 232 g/mol. The number of rotatable bonds is 3. The second-order valence-electron chi connectivity index (χ2n) is 5.05. The summed E-state index contributed by atoms with van der Waals surface area (Å²) in [4.78, 5) is 27.6. The normalized spacial score (nSPS) is 27.2. The van der Waals surface area contributed by atoms with Crippen LogP contribution < -0.4 is 11.1 Å². The van der Waals surface area contributed by atoms with Crippen LogP contribution in [-0.2, 0) is 9.59 Å². The van der Waals surface area contributed by atoms with Crippen LogP contribution in [0.25, 0.3) is 0 Å². The highest BCUT2D eigenvalue weighted by atomic mass is 16.2. The van der Waals surface area contributed by atoms with E-state index in [1.54, 1.807) is 6.92 Å². The lowest BCUT2D eigenvalue weighted by molar-refractivity contribution is -0.138. The molecule has 2 heterocycles. The Kier molecular flexibility index (Phi) is 4.19. The molecule has 102 valence electrons. The van der Waals surface area contributed by atoms with Gasteiger partial charge in [-0.1, -0.05) is 0 Å². The van der Waals surface area contributed by atoms with Gasteiger partial charge in [0.2, 0.25) is 11.8 Å². The summed E-state index contributed by atoms with van der Waals surface area (Å²) in [5, 5.41) is 3.23. The Balaban J connectivity index is 2.01. The van der Waals surface area contributed by atoms with Gasteiger partial charge in [-0.2, -0.15) is 0 Å². The lowest BCUT2D eigenvalue weighted by atomic mass is 10.1. The van der Waals surface area contributed by atoms with Crippen LogP contribution in [0.4, 0.5) is 0 Å². The third-order valence-corrected chi connectivity index (χ3v) is 3.92. The van der Waals surface area contributed by atoms with Crippen molar-refractivity contribution in [2.24, 2.45) is 5.73 Å². The Morgan fingerprint density at radius 1 is 1.28 bits per heavy atom. The van der Waals surface area contributed by atoms with E-state index in [0.29, 0.717) is 0 Å². The van der Waals surface area contributed by atoms with Gasteiger partial charge in [-0.25, -0.2) is 0 Å². The third kappa shape index (κ3) is 2.64. The van der Waals surface area contributed by atoms with E-state index in [2.05, 4.69) is 5.32 Å². The molecule has 0 aromatic rings. The molecule has 0 aromatic carbocycles. The Hall–Kier alpha value is -1.14. The van der Waals surface area contributed by atoms with E-state index in [1.807, 2.05) is 9.80 Å². The van der Waals surface area contributed by atoms with Gasteiger partial charge in [0.15, 0.2) is 0 Å². The summed E-state index contributed by atoms with van der Waals surface area (Å²) < 4.78 is 0. The molecule has 0 aromatic heterocycles. The Morgan fingerprint density at radius 2 is 1.94 bits per heavy atom. The second-order valence-corrected chi connectivity index (χ2v) is 5.05. The largest absolute Gasteiger partial charge is 0.368 e. The number of hydrogen-bond donors (Lipinski definition) is 2. The molecule has 2 aliphatic heterocycles. The molecule has 2 atom stereocenters. The van der Waals surface area contributed by atoms with Gasteiger partial charge in [0, 0.05) is 26.2 Å². The van der Waals surface area contributed by atoms with E-state index in [1.165, 1.54) is 0 Å². The average Bonchev–Trinajstić information content (AvgIpc) is 2.87. The van der Waals surface area contributed by atoms with Crippen LogP contribution in [0, 0.1) is 0 Å². The summed E-state index contributed by atoms with van der Waals surface area (Å²) in [5.41, 5.74) is 5.34. The fourth-order valence-electron chi connectivity index (χ4n) is 2.78. The van der Waals surface area contributed by atoms with Crippen molar-refractivity contribution in [3.05, 3.63) is 0 Å². The molecule has 0 aliphatic carbocycles. The lowest BCUT2D eigenvalue weighted by Gasteiger charge is -2.34. The number of primary amides is 1. The molecule has 2 saturated heterocycles. The Morgan fingerprint density at radius 3 is 2.56 bits per heavy atom. The number of likely N-dealkylation sites (tertiary alicyclic amines) is 1. The van der Waals surface area contributed by atoms with Gasteiger partial charge in [0.1, 0.15) is 0 Å². The standard InChI is InChI=1S/C12H22N4O2/c1-9(11(13)17)16-6-2-3-10(16)12(18)15-7-4-14-5-8-15/h9-10,14H,2-8H2,1H3,(H2,13,17). The molecule has 3 N–H and O–H groups in total. The SMILES string of the molecule is CC(C(N)=O)N1CCCC1C(=O)N1CCNCC1. The summed E-state index contributed by atoms with van der Waals surface area (Å²) in [6, 6.07) is -0.519. The van der Waals surface area contributed by atoms with Crippen LogP contribution in [0.5, 0.6) is 0 Å². The predicted octanol–water partition coefficient (Wildman–Crippen LogP) is -1.24. The van der Waals surface area contributed by atoms with Crippen molar-refractivity contribution < 1.29 is 9.59 Å². The molecule has 18 heavy (non-hydrogen) atoms. The van der Waals surface area contributed by atoms with Gasteiger partial charge in [-0.05, 0) is 26.3 Å². The number of nitrogens with zero attached hydrogens (tertiary/aromatic N) is 2. The fourth-order valence-corrected chi connectivity index (χ4v) is 2.78. The van der Waals surface area contributed by atoms with Crippen LogP contribution in [-0.4, -0.2) is 66.4 Å². The van der Waals surface area contributed by atoms with Crippen molar-refractivity contribution in [1.82, 2.24) is 15.1 Å². The molecule has 2 unspecified atom stereocenters. The number of piperazine rings is 1. The minimum Gasteiger partial charge on any atom is -0.368 e. The van der Waals surface area contributed by atoms with Crippen molar-refractivity contribution in [3.63, 3.8) is 0 Å². The Labute approximate surface area is 107 Å². The first-order valence-electron chi connectivity index (χ1n) is 6.66. The number of hydrogen-bond acceptors (Lipinski definition) is 4. The third-order valence-electron chi connectivity index (χ3n) is 3.92. The smallest absolute Gasteiger partial charge is 0.240 e. The summed E-state index contributed by atoms with van der Waals surface area (Å²) in [6.07, 6.45) is 1.79. The summed E-state index contributed by atoms with van der Waals surface area (Å²) in [7, 11) is 0. The first-order valence-corrected chi connectivity index (χ1v) is 6.66. The maximum atomic E-state index is 12.4. The van der Waals surface area contributed by atoms with E-state index >= 15 is 0 Å². The number of nitrogens with one attached hydrogen (secondary N) is 1. The summed E-state index contributed by atoms with van der Waals surface area (Å²) in [5.74, 6) is -0.197. The molecule has 2 rings (SSSR count). The van der Waals surface area contributed by atoms with Gasteiger partial charge in [-0.3, -0.25) is 14.5 Å². The molecule has 6 nitrogen and oxygen atoms in total. The summed E-state index contributed by atoms with van der Waals surface area (Å²) in [6.45, 7) is 5.79. The van der Waals surface area contributed by atoms with Crippen molar-refractivity contribution in [3.8, 4) is 0 Å². The van der Waals surface area contributed by atoms with E-state index in [0.717, 1.165) is 45.6 Å². The number of amides is 2. The number of nitrogens with two attached hydrogens (primary N) is 1. The van der Waals surface area contributed by atoms with Gasteiger partial charge in [0.05, 0.1) is 12.1 Å². The van der Waals surface area contributed by atoms with Crippen LogP contribution in [0.1, 0.15) is 19.8 Å². The topological polar surface area (TPSA) is 78.7 Å². The quantitative estimate of drug-likeness (QED) is 0.660. The van der Waals surface area contributed by atoms with E-state index in [-0.39, 0.29) is 23.9 Å².